The van der Waals surface area contributed by atoms with Crippen molar-refractivity contribution in [2.24, 2.45) is 0 Å². The molecule has 5 rings (SSSR count). The summed E-state index contributed by atoms with van der Waals surface area (Å²) in [5.41, 5.74) is 2.40. The molecule has 3 aromatic heterocycles. The van der Waals surface area contributed by atoms with Gasteiger partial charge in [0.25, 0.3) is 18.2 Å². The third kappa shape index (κ3) is 5.60. The van der Waals surface area contributed by atoms with Crippen LogP contribution in [0.5, 0.6) is 0 Å². The fourth-order valence-corrected chi connectivity index (χ4v) is 4.11. The van der Waals surface area contributed by atoms with E-state index < -0.39 is 17.7 Å². The first-order valence-electron chi connectivity index (χ1n) is 11.9. The van der Waals surface area contributed by atoms with E-state index in [9.17, 15) is 13.6 Å². The van der Waals surface area contributed by atoms with Gasteiger partial charge in [-0.3, -0.25) is 4.79 Å². The van der Waals surface area contributed by atoms with E-state index in [1.165, 1.54) is 12.4 Å². The Morgan fingerprint density at radius 3 is 2.63 bits per heavy atom. The highest BCUT2D eigenvalue weighted by Gasteiger charge is 2.25. The first-order chi connectivity index (χ1) is 17.7. The zero-order chi connectivity index (χ0) is 26.2. The van der Waals surface area contributed by atoms with Crippen LogP contribution in [0.15, 0.2) is 41.3 Å². The van der Waals surface area contributed by atoms with E-state index in [1.807, 2.05) is 33.0 Å². The Labute approximate surface area is 223 Å². The minimum absolute atomic E-state index is 0. The molecule has 1 aromatic carbocycles. The molecule has 0 aliphatic carbocycles. The number of amides is 1. The SMILES string of the molecule is CC(C)(C)c1nc(C(=O)NCc2ccc(-c3ncnn4cc(N5CCOCC5)cc34)cc2C(F)F)no1.Cl. The fourth-order valence-electron chi connectivity index (χ4n) is 4.11. The summed E-state index contributed by atoms with van der Waals surface area (Å²) in [6.45, 7) is 8.32. The summed E-state index contributed by atoms with van der Waals surface area (Å²) >= 11 is 0. The summed E-state index contributed by atoms with van der Waals surface area (Å²) in [5.74, 6) is -0.439. The molecule has 1 saturated heterocycles. The molecule has 38 heavy (non-hydrogen) atoms. The summed E-state index contributed by atoms with van der Waals surface area (Å²) in [5, 5.41) is 10.6. The van der Waals surface area contributed by atoms with Gasteiger partial charge in [0.05, 0.1) is 36.3 Å². The molecule has 13 heteroatoms. The molecule has 1 aliphatic rings. The number of morpholine rings is 1. The molecule has 0 saturated carbocycles. The van der Waals surface area contributed by atoms with Crippen molar-refractivity contribution in [2.75, 3.05) is 31.2 Å². The van der Waals surface area contributed by atoms with Gasteiger partial charge in [0, 0.05) is 36.2 Å². The van der Waals surface area contributed by atoms with E-state index in [0.29, 0.717) is 35.9 Å². The summed E-state index contributed by atoms with van der Waals surface area (Å²) < 4.78 is 40.4. The van der Waals surface area contributed by atoms with Crippen LogP contribution in [0.4, 0.5) is 14.5 Å². The van der Waals surface area contributed by atoms with Crippen LogP contribution in [0, 0.1) is 0 Å². The van der Waals surface area contributed by atoms with Gasteiger partial charge in [0.2, 0.25) is 5.89 Å². The van der Waals surface area contributed by atoms with Crippen molar-refractivity contribution >= 4 is 29.5 Å². The van der Waals surface area contributed by atoms with E-state index in [4.69, 9.17) is 9.26 Å². The summed E-state index contributed by atoms with van der Waals surface area (Å²) in [6.07, 6.45) is 0.545. The van der Waals surface area contributed by atoms with Gasteiger partial charge in [-0.05, 0) is 17.7 Å². The third-order valence-electron chi connectivity index (χ3n) is 6.13. The Bertz CT molecular complexity index is 1430. The van der Waals surface area contributed by atoms with E-state index >= 15 is 0 Å². The highest BCUT2D eigenvalue weighted by Crippen LogP contribution is 2.32. The molecule has 4 aromatic rings. The summed E-state index contributed by atoms with van der Waals surface area (Å²) in [4.78, 5) is 23.2. The van der Waals surface area contributed by atoms with Gasteiger partial charge in [-0.1, -0.05) is 38.1 Å². The van der Waals surface area contributed by atoms with Crippen molar-refractivity contribution in [1.29, 1.82) is 0 Å². The largest absolute Gasteiger partial charge is 0.378 e. The van der Waals surface area contributed by atoms with Crippen LogP contribution in [0.2, 0.25) is 0 Å². The third-order valence-corrected chi connectivity index (χ3v) is 6.13. The second-order valence-electron chi connectivity index (χ2n) is 9.81. The molecule has 0 radical (unpaired) electrons. The van der Waals surface area contributed by atoms with Crippen LogP contribution in [0.1, 0.15) is 54.8 Å². The van der Waals surface area contributed by atoms with Gasteiger partial charge in [0.1, 0.15) is 6.33 Å². The van der Waals surface area contributed by atoms with E-state index in [1.54, 1.807) is 16.6 Å². The van der Waals surface area contributed by atoms with Crippen LogP contribution in [-0.4, -0.2) is 56.9 Å². The second-order valence-corrected chi connectivity index (χ2v) is 9.81. The first kappa shape index (κ1) is 27.4. The van der Waals surface area contributed by atoms with Crippen molar-refractivity contribution in [3.63, 3.8) is 0 Å². The highest BCUT2D eigenvalue weighted by molar-refractivity contribution is 5.90. The zero-order valence-corrected chi connectivity index (χ0v) is 22.0. The number of hydrogen-bond donors (Lipinski definition) is 1. The first-order valence-corrected chi connectivity index (χ1v) is 11.9. The Balaban J connectivity index is 0.00000336. The molecule has 1 fully saturated rings. The van der Waals surface area contributed by atoms with E-state index in [2.05, 4.69) is 30.4 Å². The van der Waals surface area contributed by atoms with Crippen LogP contribution >= 0.6 is 12.4 Å². The maximum Gasteiger partial charge on any atom is 0.292 e. The standard InChI is InChI=1S/C25H27F2N7O3.ClH/c1-25(2,3)24-31-22(32-37-24)23(35)28-12-16-5-4-15(10-18(16)21(26)27)20-19-11-17(13-34(19)30-14-29-20)33-6-8-36-9-7-33;/h4-5,10-11,13-14,21H,6-9,12H2,1-3H3,(H,28,35);1H. The van der Waals surface area contributed by atoms with Gasteiger partial charge in [-0.15, -0.1) is 12.4 Å². The zero-order valence-electron chi connectivity index (χ0n) is 21.1. The van der Waals surface area contributed by atoms with Crippen molar-refractivity contribution < 1.29 is 22.8 Å². The minimum Gasteiger partial charge on any atom is -0.378 e. The van der Waals surface area contributed by atoms with E-state index in [-0.39, 0.29) is 35.9 Å². The number of benzene rings is 1. The van der Waals surface area contributed by atoms with E-state index in [0.717, 1.165) is 18.8 Å². The maximum atomic E-state index is 14.1. The number of rotatable bonds is 6. The number of ether oxygens (including phenoxy) is 1. The number of nitrogens with zero attached hydrogens (tertiary/aromatic N) is 6. The predicted molar refractivity (Wildman–Crippen MR) is 138 cm³/mol. The number of halogens is 3. The maximum absolute atomic E-state index is 14.1. The molecule has 1 amide bonds. The lowest BCUT2D eigenvalue weighted by atomic mass is 9.97. The van der Waals surface area contributed by atoms with Gasteiger partial charge >= 0.3 is 0 Å². The Morgan fingerprint density at radius 2 is 1.95 bits per heavy atom. The average molecular weight is 548 g/mol. The van der Waals surface area contributed by atoms with Crippen LogP contribution in [-0.2, 0) is 16.7 Å². The molecule has 4 heterocycles. The quantitative estimate of drug-likeness (QED) is 0.382. The van der Waals surface area contributed by atoms with Gasteiger partial charge in [-0.25, -0.2) is 18.3 Å². The van der Waals surface area contributed by atoms with Gasteiger partial charge in [-0.2, -0.15) is 10.1 Å². The summed E-state index contributed by atoms with van der Waals surface area (Å²) in [6, 6.07) is 6.64. The number of alkyl halides is 2. The number of nitrogens with one attached hydrogen (secondary N) is 1. The van der Waals surface area contributed by atoms with Crippen molar-refractivity contribution in [2.45, 2.75) is 39.2 Å². The lowest BCUT2D eigenvalue weighted by Crippen LogP contribution is -2.35. The molecule has 1 aliphatic heterocycles. The Morgan fingerprint density at radius 1 is 1.18 bits per heavy atom. The monoisotopic (exact) mass is 547 g/mol. The van der Waals surface area contributed by atoms with Crippen LogP contribution in [0.25, 0.3) is 16.8 Å². The highest BCUT2D eigenvalue weighted by atomic mass is 35.5. The van der Waals surface area contributed by atoms with Crippen LogP contribution in [0.3, 0.4) is 0 Å². The fraction of sp³-hybridized carbons (Fsp3) is 0.400. The lowest BCUT2D eigenvalue weighted by Gasteiger charge is -2.27. The molecule has 0 spiro atoms. The number of fused-ring (bicyclic) bond motifs is 1. The van der Waals surface area contributed by atoms with Crippen LogP contribution < -0.4 is 10.2 Å². The molecular formula is C25H28ClF2N7O3. The number of hydrogen-bond acceptors (Lipinski definition) is 8. The lowest BCUT2D eigenvalue weighted by molar-refractivity contribution is 0.0935. The molecule has 202 valence electrons. The number of carbonyl (C=O) groups excluding carboxylic acids is 1. The Hall–Kier alpha value is -3.64. The van der Waals surface area contributed by atoms with Crippen molar-refractivity contribution in [1.82, 2.24) is 30.1 Å². The molecule has 1 N–H and O–H groups in total. The number of anilines is 1. The average Bonchev–Trinajstić information content (AvgIpc) is 3.55. The van der Waals surface area contributed by atoms with Crippen molar-refractivity contribution in [3.05, 3.63) is 59.6 Å². The second kappa shape index (κ2) is 11.0. The normalized spacial score (nSPS) is 14.1. The molecule has 0 atom stereocenters. The predicted octanol–water partition coefficient (Wildman–Crippen LogP) is 4.20. The molecular weight excluding hydrogens is 520 g/mol. The Kier molecular flexibility index (Phi) is 7.93. The smallest absolute Gasteiger partial charge is 0.292 e. The number of carbonyl (C=O) groups is 1. The van der Waals surface area contributed by atoms with Gasteiger partial charge < -0.3 is 19.5 Å². The topological polar surface area (TPSA) is 111 Å². The molecule has 0 unspecified atom stereocenters. The number of aromatic nitrogens is 5. The molecule has 0 bridgehead atoms. The summed E-state index contributed by atoms with van der Waals surface area (Å²) in [7, 11) is 0. The minimum atomic E-state index is -2.75. The van der Waals surface area contributed by atoms with Gasteiger partial charge in [0.15, 0.2) is 0 Å². The van der Waals surface area contributed by atoms with Crippen molar-refractivity contribution in [3.8, 4) is 11.3 Å². The molecule has 10 nitrogen and oxygen atoms in total.